The maximum absolute atomic E-state index is 12.6. The van der Waals surface area contributed by atoms with Crippen LogP contribution >= 0.6 is 11.8 Å². The first-order valence-electron chi connectivity index (χ1n) is 8.39. The average Bonchev–Trinajstić information content (AvgIpc) is 3.48. The molecule has 0 spiro atoms. The summed E-state index contributed by atoms with van der Waals surface area (Å²) in [4.78, 5) is 22.4. The molecule has 3 heterocycles. The molecule has 0 saturated heterocycles. The Labute approximate surface area is 164 Å². The maximum Gasteiger partial charge on any atom is 0.289 e. The summed E-state index contributed by atoms with van der Waals surface area (Å²) < 4.78 is 10.9. The number of nitrogens with one attached hydrogen (secondary N) is 1. The lowest BCUT2D eigenvalue weighted by Gasteiger charge is -2.12. The van der Waals surface area contributed by atoms with Crippen LogP contribution < -0.4 is 0 Å². The van der Waals surface area contributed by atoms with Crippen LogP contribution in [0, 0.1) is 0 Å². The van der Waals surface area contributed by atoms with Gasteiger partial charge in [0.1, 0.15) is 12.1 Å². The van der Waals surface area contributed by atoms with Gasteiger partial charge in [0.15, 0.2) is 16.7 Å². The zero-order valence-electron chi connectivity index (χ0n) is 14.9. The Morgan fingerprint density at radius 1 is 1.21 bits per heavy atom. The van der Waals surface area contributed by atoms with E-state index >= 15 is 0 Å². The van der Waals surface area contributed by atoms with Gasteiger partial charge in [-0.2, -0.15) is 10.1 Å². The van der Waals surface area contributed by atoms with Crippen LogP contribution in [0.4, 0.5) is 0 Å². The second kappa shape index (κ2) is 8.09. The van der Waals surface area contributed by atoms with Gasteiger partial charge in [0, 0.05) is 12.6 Å². The number of amides is 1. The van der Waals surface area contributed by atoms with Crippen molar-refractivity contribution in [2.24, 2.45) is 0 Å². The van der Waals surface area contributed by atoms with Gasteiger partial charge in [-0.1, -0.05) is 35.1 Å². The molecule has 9 nitrogen and oxygen atoms in total. The molecule has 0 fully saturated rings. The number of furan rings is 1. The van der Waals surface area contributed by atoms with Crippen molar-refractivity contribution >= 4 is 17.7 Å². The van der Waals surface area contributed by atoms with E-state index in [0.29, 0.717) is 28.4 Å². The third-order valence-electron chi connectivity index (χ3n) is 3.83. The van der Waals surface area contributed by atoms with Gasteiger partial charge in [0.2, 0.25) is 0 Å². The number of aromatic amines is 1. The summed E-state index contributed by atoms with van der Waals surface area (Å²) in [6.07, 6.45) is 1.44. The van der Waals surface area contributed by atoms with E-state index in [-0.39, 0.29) is 18.2 Å². The minimum Gasteiger partial charge on any atom is -0.455 e. The third kappa shape index (κ3) is 4.12. The second-order valence-electron chi connectivity index (χ2n) is 5.89. The first kappa shape index (κ1) is 18.0. The Hall–Kier alpha value is -3.40. The predicted octanol–water partition coefficient (Wildman–Crippen LogP) is 3.01. The summed E-state index contributed by atoms with van der Waals surface area (Å²) in [5.41, 5.74) is 0.829. The lowest BCUT2D eigenvalue weighted by molar-refractivity contribution is 0.0747. The Morgan fingerprint density at radius 3 is 2.86 bits per heavy atom. The lowest BCUT2D eigenvalue weighted by atomic mass is 10.2. The first-order valence-corrected chi connectivity index (χ1v) is 9.38. The number of thioether (sulfide) groups is 1. The minimum atomic E-state index is -0.262. The summed E-state index contributed by atoms with van der Waals surface area (Å²) >= 11 is 1.44. The van der Waals surface area contributed by atoms with Crippen LogP contribution in [0.5, 0.6) is 0 Å². The van der Waals surface area contributed by atoms with Gasteiger partial charge in [-0.25, -0.2) is 4.98 Å². The van der Waals surface area contributed by atoms with Gasteiger partial charge in [-0.3, -0.25) is 9.89 Å². The molecule has 0 bridgehead atoms. The smallest absolute Gasteiger partial charge is 0.289 e. The molecule has 0 unspecified atom stereocenters. The van der Waals surface area contributed by atoms with Crippen LogP contribution in [0.2, 0.25) is 0 Å². The number of hydrogen-bond acceptors (Lipinski definition) is 8. The SMILES string of the molecule is CN(Cc1noc(-c2ccccc2)n1)C(=O)c1ccc(CSc2ncn[nH]2)o1. The highest BCUT2D eigenvalue weighted by Crippen LogP contribution is 2.21. The van der Waals surface area contributed by atoms with Crippen LogP contribution in [0.15, 0.2) is 62.9 Å². The molecule has 4 rings (SSSR count). The summed E-state index contributed by atoms with van der Waals surface area (Å²) in [6.45, 7) is 0.206. The fraction of sp³-hybridized carbons (Fsp3) is 0.167. The van der Waals surface area contributed by atoms with E-state index in [1.165, 1.54) is 23.0 Å². The second-order valence-corrected chi connectivity index (χ2v) is 6.85. The number of carbonyl (C=O) groups is 1. The van der Waals surface area contributed by atoms with Gasteiger partial charge >= 0.3 is 0 Å². The summed E-state index contributed by atoms with van der Waals surface area (Å²) in [6, 6.07) is 12.9. The number of aromatic nitrogens is 5. The number of carbonyl (C=O) groups excluding carboxylic acids is 1. The van der Waals surface area contributed by atoms with E-state index in [1.54, 1.807) is 19.2 Å². The summed E-state index contributed by atoms with van der Waals surface area (Å²) in [5.74, 6) is 2.04. The number of rotatable bonds is 7. The molecule has 4 aromatic rings. The van der Waals surface area contributed by atoms with Crippen LogP contribution in [-0.4, -0.2) is 43.2 Å². The normalized spacial score (nSPS) is 10.9. The van der Waals surface area contributed by atoms with Crippen molar-refractivity contribution in [3.63, 3.8) is 0 Å². The summed E-state index contributed by atoms with van der Waals surface area (Å²) in [7, 11) is 1.66. The maximum atomic E-state index is 12.6. The van der Waals surface area contributed by atoms with Gasteiger partial charge in [-0.05, 0) is 24.3 Å². The summed E-state index contributed by atoms with van der Waals surface area (Å²) in [5, 5.41) is 11.2. The van der Waals surface area contributed by atoms with E-state index in [4.69, 9.17) is 8.94 Å². The fourth-order valence-electron chi connectivity index (χ4n) is 2.46. The molecular weight excluding hydrogens is 380 g/mol. The topological polar surface area (TPSA) is 114 Å². The standard InChI is InChI=1S/C18H16N6O3S/c1-24(9-15-21-16(27-23-15)12-5-3-2-4-6-12)17(25)14-8-7-13(26-14)10-28-18-19-11-20-22-18/h2-8,11H,9-10H2,1H3,(H,19,20,22). The highest BCUT2D eigenvalue weighted by molar-refractivity contribution is 7.98. The highest BCUT2D eigenvalue weighted by atomic mass is 32.2. The quantitative estimate of drug-likeness (QED) is 0.474. The van der Waals surface area contributed by atoms with E-state index in [9.17, 15) is 4.79 Å². The molecule has 0 aliphatic rings. The van der Waals surface area contributed by atoms with Crippen molar-refractivity contribution < 1.29 is 13.7 Å². The molecule has 3 aromatic heterocycles. The van der Waals surface area contributed by atoms with Crippen LogP contribution in [0.1, 0.15) is 22.1 Å². The molecule has 1 aromatic carbocycles. The average molecular weight is 396 g/mol. The lowest BCUT2D eigenvalue weighted by Crippen LogP contribution is -2.26. The van der Waals surface area contributed by atoms with Gasteiger partial charge in [-0.15, -0.1) is 0 Å². The van der Waals surface area contributed by atoms with Crippen molar-refractivity contribution in [1.29, 1.82) is 0 Å². The van der Waals surface area contributed by atoms with Crippen LogP contribution in [0.3, 0.4) is 0 Å². The Balaban J connectivity index is 1.36. The molecular formula is C18H16N6O3S. The van der Waals surface area contributed by atoms with Crippen LogP contribution in [0.25, 0.3) is 11.5 Å². The molecule has 0 radical (unpaired) electrons. The van der Waals surface area contributed by atoms with Crippen LogP contribution in [-0.2, 0) is 12.3 Å². The highest BCUT2D eigenvalue weighted by Gasteiger charge is 2.19. The van der Waals surface area contributed by atoms with Crippen molar-refractivity contribution in [3.8, 4) is 11.5 Å². The molecule has 0 atom stereocenters. The van der Waals surface area contributed by atoms with Gasteiger partial charge in [0.25, 0.3) is 11.8 Å². The largest absolute Gasteiger partial charge is 0.455 e. The number of hydrogen-bond donors (Lipinski definition) is 1. The Bertz CT molecular complexity index is 1040. The molecule has 0 aliphatic carbocycles. The molecule has 1 N–H and O–H groups in total. The first-order chi connectivity index (χ1) is 13.7. The molecule has 10 heteroatoms. The zero-order chi connectivity index (χ0) is 19.3. The van der Waals surface area contributed by atoms with Crippen molar-refractivity contribution in [2.75, 3.05) is 7.05 Å². The fourth-order valence-corrected chi connectivity index (χ4v) is 3.13. The molecule has 28 heavy (non-hydrogen) atoms. The zero-order valence-corrected chi connectivity index (χ0v) is 15.7. The van der Waals surface area contributed by atoms with E-state index in [0.717, 1.165) is 5.56 Å². The number of benzene rings is 1. The molecule has 142 valence electrons. The Kier molecular flexibility index (Phi) is 5.20. The van der Waals surface area contributed by atoms with E-state index in [2.05, 4.69) is 25.3 Å². The van der Waals surface area contributed by atoms with E-state index < -0.39 is 0 Å². The van der Waals surface area contributed by atoms with Crippen molar-refractivity contribution in [1.82, 2.24) is 30.2 Å². The van der Waals surface area contributed by atoms with Gasteiger partial charge < -0.3 is 13.8 Å². The number of nitrogens with zero attached hydrogens (tertiary/aromatic N) is 5. The minimum absolute atomic E-state index is 0.206. The molecule has 0 saturated carbocycles. The van der Waals surface area contributed by atoms with Crippen molar-refractivity contribution in [3.05, 3.63) is 66.1 Å². The molecule has 1 amide bonds. The van der Waals surface area contributed by atoms with Gasteiger partial charge in [0.05, 0.1) is 12.3 Å². The third-order valence-corrected chi connectivity index (χ3v) is 4.73. The number of H-pyrrole nitrogens is 1. The molecule has 0 aliphatic heterocycles. The van der Waals surface area contributed by atoms with E-state index in [1.807, 2.05) is 30.3 Å². The van der Waals surface area contributed by atoms with Crippen molar-refractivity contribution in [2.45, 2.75) is 17.5 Å². The monoisotopic (exact) mass is 396 g/mol. The predicted molar refractivity (Wildman–Crippen MR) is 100 cm³/mol. The Morgan fingerprint density at radius 2 is 2.07 bits per heavy atom.